The van der Waals surface area contributed by atoms with Crippen molar-refractivity contribution in [3.05, 3.63) is 48.0 Å². The minimum atomic E-state index is -1.25. The van der Waals surface area contributed by atoms with Crippen LogP contribution in [0.15, 0.2) is 42.5 Å². The highest BCUT2D eigenvalue weighted by molar-refractivity contribution is 5.20. The zero-order chi connectivity index (χ0) is 10.6. The van der Waals surface area contributed by atoms with E-state index in [9.17, 15) is 5.11 Å². The molecule has 1 aromatic rings. The quantitative estimate of drug-likeness (QED) is 0.585. The molecule has 0 saturated carbocycles. The lowest BCUT2D eigenvalue weighted by Gasteiger charge is -2.26. The summed E-state index contributed by atoms with van der Waals surface area (Å²) in [4.78, 5) is 0. The van der Waals surface area contributed by atoms with E-state index in [2.05, 4.69) is 6.58 Å². The predicted octanol–water partition coefficient (Wildman–Crippen LogP) is 2.14. The SMILES string of the molecule is C=C(C)C(O)(Cc1ccccc1)OC. The Bertz CT molecular complexity index is 305. The van der Waals surface area contributed by atoms with Crippen molar-refractivity contribution in [3.8, 4) is 0 Å². The molecule has 0 saturated heterocycles. The molecular formula is C12H16O2. The number of hydrogen-bond acceptors (Lipinski definition) is 2. The lowest BCUT2D eigenvalue weighted by atomic mass is 10.00. The van der Waals surface area contributed by atoms with E-state index in [1.807, 2.05) is 30.3 Å². The van der Waals surface area contributed by atoms with Crippen LogP contribution in [-0.4, -0.2) is 18.0 Å². The van der Waals surface area contributed by atoms with Crippen LogP contribution < -0.4 is 0 Å². The van der Waals surface area contributed by atoms with Crippen molar-refractivity contribution < 1.29 is 9.84 Å². The van der Waals surface area contributed by atoms with Crippen molar-refractivity contribution >= 4 is 0 Å². The summed E-state index contributed by atoms with van der Waals surface area (Å²) < 4.78 is 5.06. The van der Waals surface area contributed by atoms with Gasteiger partial charge in [0, 0.05) is 13.5 Å². The smallest absolute Gasteiger partial charge is 0.191 e. The van der Waals surface area contributed by atoms with Gasteiger partial charge in [-0.15, -0.1) is 0 Å². The Morgan fingerprint density at radius 2 is 2.00 bits per heavy atom. The third kappa shape index (κ3) is 2.44. The van der Waals surface area contributed by atoms with Gasteiger partial charge >= 0.3 is 0 Å². The van der Waals surface area contributed by atoms with Crippen LogP contribution in [0, 0.1) is 0 Å². The Balaban J connectivity index is 2.81. The second kappa shape index (κ2) is 4.40. The summed E-state index contributed by atoms with van der Waals surface area (Å²) in [6, 6.07) is 9.71. The first-order valence-corrected chi connectivity index (χ1v) is 4.56. The number of benzene rings is 1. The summed E-state index contributed by atoms with van der Waals surface area (Å²) in [5.41, 5.74) is 1.64. The van der Waals surface area contributed by atoms with Crippen molar-refractivity contribution in [2.75, 3.05) is 7.11 Å². The molecule has 0 aliphatic rings. The third-order valence-corrected chi connectivity index (χ3v) is 2.29. The van der Waals surface area contributed by atoms with Gasteiger partial charge in [0.15, 0.2) is 5.79 Å². The summed E-state index contributed by atoms with van der Waals surface area (Å²) in [7, 11) is 1.48. The van der Waals surface area contributed by atoms with E-state index in [1.54, 1.807) is 6.92 Å². The molecule has 2 heteroatoms. The van der Waals surface area contributed by atoms with Crippen molar-refractivity contribution in [2.24, 2.45) is 0 Å². The van der Waals surface area contributed by atoms with Gasteiger partial charge < -0.3 is 9.84 Å². The standard InChI is InChI=1S/C12H16O2/c1-10(2)12(13,14-3)9-11-7-5-4-6-8-11/h4-8,13H,1,9H2,2-3H3. The molecule has 1 unspecified atom stereocenters. The summed E-state index contributed by atoms with van der Waals surface area (Å²) in [5, 5.41) is 10.0. The summed E-state index contributed by atoms with van der Waals surface area (Å²) in [5.74, 6) is -1.25. The van der Waals surface area contributed by atoms with Crippen LogP contribution in [0.25, 0.3) is 0 Å². The minimum absolute atomic E-state index is 0.430. The topological polar surface area (TPSA) is 29.5 Å². The molecule has 0 aliphatic carbocycles. The fourth-order valence-corrected chi connectivity index (χ4v) is 1.27. The first-order chi connectivity index (χ1) is 6.58. The highest BCUT2D eigenvalue weighted by Crippen LogP contribution is 2.21. The number of methoxy groups -OCH3 is 1. The monoisotopic (exact) mass is 192 g/mol. The molecular weight excluding hydrogens is 176 g/mol. The van der Waals surface area contributed by atoms with Gasteiger partial charge in [-0.3, -0.25) is 0 Å². The summed E-state index contributed by atoms with van der Waals surface area (Å²) in [6.45, 7) is 5.48. The minimum Gasteiger partial charge on any atom is -0.362 e. The van der Waals surface area contributed by atoms with Gasteiger partial charge in [-0.25, -0.2) is 0 Å². The van der Waals surface area contributed by atoms with Gasteiger partial charge in [0.1, 0.15) is 0 Å². The lowest BCUT2D eigenvalue weighted by molar-refractivity contribution is -0.153. The zero-order valence-corrected chi connectivity index (χ0v) is 8.66. The largest absolute Gasteiger partial charge is 0.362 e. The first-order valence-electron chi connectivity index (χ1n) is 4.56. The number of ether oxygens (including phenoxy) is 1. The van der Waals surface area contributed by atoms with Crippen molar-refractivity contribution in [2.45, 2.75) is 19.1 Å². The first kappa shape index (κ1) is 11.0. The molecule has 76 valence electrons. The van der Waals surface area contributed by atoms with E-state index >= 15 is 0 Å². The molecule has 1 rings (SSSR count). The fraction of sp³-hybridized carbons (Fsp3) is 0.333. The van der Waals surface area contributed by atoms with Crippen LogP contribution in [0.3, 0.4) is 0 Å². The average Bonchev–Trinajstić information content (AvgIpc) is 2.19. The van der Waals surface area contributed by atoms with E-state index < -0.39 is 5.79 Å². The second-order valence-corrected chi connectivity index (χ2v) is 3.43. The van der Waals surface area contributed by atoms with Gasteiger partial charge in [-0.05, 0) is 18.1 Å². The van der Waals surface area contributed by atoms with Crippen LogP contribution in [-0.2, 0) is 11.2 Å². The number of hydrogen-bond donors (Lipinski definition) is 1. The maximum absolute atomic E-state index is 10.0. The van der Waals surface area contributed by atoms with E-state index in [4.69, 9.17) is 4.74 Å². The Hall–Kier alpha value is -1.12. The molecule has 1 aromatic carbocycles. The molecule has 0 aliphatic heterocycles. The van der Waals surface area contributed by atoms with Crippen LogP contribution in [0.5, 0.6) is 0 Å². The van der Waals surface area contributed by atoms with Crippen LogP contribution in [0.4, 0.5) is 0 Å². The Labute approximate surface area is 84.8 Å². The van der Waals surface area contributed by atoms with E-state index in [0.29, 0.717) is 12.0 Å². The summed E-state index contributed by atoms with van der Waals surface area (Å²) in [6.07, 6.45) is 0.430. The van der Waals surface area contributed by atoms with Crippen LogP contribution >= 0.6 is 0 Å². The van der Waals surface area contributed by atoms with Gasteiger partial charge in [0.25, 0.3) is 0 Å². The second-order valence-electron chi connectivity index (χ2n) is 3.43. The van der Waals surface area contributed by atoms with Gasteiger partial charge in [-0.2, -0.15) is 0 Å². The normalized spacial score (nSPS) is 14.8. The molecule has 1 atom stereocenters. The van der Waals surface area contributed by atoms with E-state index in [-0.39, 0.29) is 0 Å². The zero-order valence-electron chi connectivity index (χ0n) is 8.66. The highest BCUT2D eigenvalue weighted by atomic mass is 16.6. The maximum atomic E-state index is 10.0. The molecule has 0 radical (unpaired) electrons. The molecule has 1 N–H and O–H groups in total. The fourth-order valence-electron chi connectivity index (χ4n) is 1.27. The van der Waals surface area contributed by atoms with Gasteiger partial charge in [0.2, 0.25) is 0 Å². The van der Waals surface area contributed by atoms with Gasteiger partial charge in [0.05, 0.1) is 0 Å². The average molecular weight is 192 g/mol. The number of aliphatic hydroxyl groups is 1. The predicted molar refractivity (Wildman–Crippen MR) is 56.9 cm³/mol. The van der Waals surface area contributed by atoms with Gasteiger partial charge in [-0.1, -0.05) is 36.9 Å². The molecule has 2 nitrogen and oxygen atoms in total. The third-order valence-electron chi connectivity index (χ3n) is 2.29. The highest BCUT2D eigenvalue weighted by Gasteiger charge is 2.27. The van der Waals surface area contributed by atoms with Crippen molar-refractivity contribution in [1.29, 1.82) is 0 Å². The maximum Gasteiger partial charge on any atom is 0.191 e. The molecule has 0 aromatic heterocycles. The van der Waals surface area contributed by atoms with Crippen LogP contribution in [0.2, 0.25) is 0 Å². The molecule has 0 fully saturated rings. The molecule has 0 bridgehead atoms. The van der Waals surface area contributed by atoms with E-state index in [1.165, 1.54) is 7.11 Å². The summed E-state index contributed by atoms with van der Waals surface area (Å²) >= 11 is 0. The molecule has 0 amide bonds. The molecule has 14 heavy (non-hydrogen) atoms. The van der Waals surface area contributed by atoms with Crippen LogP contribution in [0.1, 0.15) is 12.5 Å². The van der Waals surface area contributed by atoms with Crippen molar-refractivity contribution in [1.82, 2.24) is 0 Å². The Kier molecular flexibility index (Phi) is 3.44. The molecule has 0 spiro atoms. The molecule has 0 heterocycles. The van der Waals surface area contributed by atoms with Crippen molar-refractivity contribution in [3.63, 3.8) is 0 Å². The van der Waals surface area contributed by atoms with E-state index in [0.717, 1.165) is 5.56 Å². The number of rotatable bonds is 4. The lowest BCUT2D eigenvalue weighted by Crippen LogP contribution is -2.34. The Morgan fingerprint density at radius 3 is 2.43 bits per heavy atom. The Morgan fingerprint density at radius 1 is 1.43 bits per heavy atom.